The van der Waals surface area contributed by atoms with E-state index >= 15 is 0 Å². The van der Waals surface area contributed by atoms with Gasteiger partial charge in [-0.25, -0.2) is 12.7 Å². The molecule has 0 aromatic heterocycles. The van der Waals surface area contributed by atoms with Gasteiger partial charge in [-0.1, -0.05) is 0 Å². The summed E-state index contributed by atoms with van der Waals surface area (Å²) in [4.78, 5) is 6.65. The molecule has 3 N–H and O–H groups in total. The van der Waals surface area contributed by atoms with Gasteiger partial charge in [0, 0.05) is 45.8 Å². The first kappa shape index (κ1) is 24.8. The summed E-state index contributed by atoms with van der Waals surface area (Å²) in [6, 6.07) is 0. The lowest BCUT2D eigenvalue weighted by Crippen LogP contribution is -2.48. The van der Waals surface area contributed by atoms with Crippen molar-refractivity contribution in [3.8, 4) is 0 Å². The number of guanidine groups is 1. The zero-order valence-electron chi connectivity index (χ0n) is 16.3. The lowest BCUT2D eigenvalue weighted by molar-refractivity contribution is -0.0179. The van der Waals surface area contributed by atoms with Crippen LogP contribution in [0.25, 0.3) is 0 Å². The zero-order chi connectivity index (χ0) is 19.0. The molecule has 2 saturated heterocycles. The number of β-amino-alcohol motifs (C(OH)–C–C–N with tert-alkyl or cyclic N) is 1. The van der Waals surface area contributed by atoms with E-state index in [9.17, 15) is 13.5 Å². The molecule has 0 saturated carbocycles. The molecule has 2 rings (SSSR count). The quantitative estimate of drug-likeness (QED) is 0.221. The molecule has 1 unspecified atom stereocenters. The van der Waals surface area contributed by atoms with E-state index in [-0.39, 0.29) is 36.3 Å². The largest absolute Gasteiger partial charge is 0.387 e. The van der Waals surface area contributed by atoms with Crippen LogP contribution in [-0.4, -0.2) is 106 Å². The smallest absolute Gasteiger partial charge is 0.214 e. The van der Waals surface area contributed by atoms with Gasteiger partial charge in [0.15, 0.2) is 5.96 Å². The lowest BCUT2D eigenvalue weighted by Gasteiger charge is -2.33. The number of morpholine rings is 1. The predicted octanol–water partition coefficient (Wildman–Crippen LogP) is -0.722. The SMILES string of the molecule is CCNC(=NCC(C)(O)CN1CCOCC1)NCCN1CCCS1(=O)=O.I. The van der Waals surface area contributed by atoms with E-state index in [0.717, 1.165) is 13.1 Å². The number of rotatable bonds is 8. The van der Waals surface area contributed by atoms with Crippen LogP contribution in [0.2, 0.25) is 0 Å². The Bertz CT molecular complexity index is 567. The standard InChI is InChI=1S/C16H33N5O4S.HI/c1-3-17-15(18-5-7-21-6-4-12-26(21,23)24)19-13-16(2,22)14-20-8-10-25-11-9-20;/h22H,3-14H2,1-2H3,(H2,17,18,19);1H. The number of nitrogens with one attached hydrogen (secondary N) is 2. The molecule has 2 aliphatic heterocycles. The molecule has 2 aliphatic rings. The normalized spacial score (nSPS) is 23.4. The van der Waals surface area contributed by atoms with Crippen LogP contribution in [0.3, 0.4) is 0 Å². The molecule has 0 aromatic rings. The van der Waals surface area contributed by atoms with Gasteiger partial charge >= 0.3 is 0 Å². The Morgan fingerprint density at radius 3 is 2.56 bits per heavy atom. The lowest BCUT2D eigenvalue weighted by atomic mass is 10.1. The molecule has 1 atom stereocenters. The number of hydrogen-bond donors (Lipinski definition) is 3. The average molecular weight is 519 g/mol. The maximum Gasteiger partial charge on any atom is 0.214 e. The van der Waals surface area contributed by atoms with E-state index in [4.69, 9.17) is 4.74 Å². The molecule has 2 fully saturated rings. The average Bonchev–Trinajstić information content (AvgIpc) is 2.92. The third kappa shape index (κ3) is 8.77. The van der Waals surface area contributed by atoms with E-state index in [1.807, 2.05) is 6.92 Å². The van der Waals surface area contributed by atoms with Crippen LogP contribution in [0.4, 0.5) is 0 Å². The summed E-state index contributed by atoms with van der Waals surface area (Å²) in [5.74, 6) is 0.831. The fourth-order valence-corrected chi connectivity index (χ4v) is 4.65. The molecular weight excluding hydrogens is 485 g/mol. The second kappa shape index (κ2) is 11.7. The van der Waals surface area contributed by atoms with E-state index in [0.29, 0.717) is 58.3 Å². The van der Waals surface area contributed by atoms with Gasteiger partial charge in [-0.15, -0.1) is 24.0 Å². The molecule has 2 heterocycles. The molecule has 160 valence electrons. The van der Waals surface area contributed by atoms with Crippen molar-refractivity contribution in [2.75, 3.05) is 71.3 Å². The van der Waals surface area contributed by atoms with Gasteiger partial charge < -0.3 is 20.5 Å². The Labute approximate surface area is 180 Å². The zero-order valence-corrected chi connectivity index (χ0v) is 19.5. The summed E-state index contributed by atoms with van der Waals surface area (Å²) in [5.41, 5.74) is -0.933. The summed E-state index contributed by atoms with van der Waals surface area (Å²) < 4.78 is 30.5. The van der Waals surface area contributed by atoms with Gasteiger partial charge in [0.05, 0.1) is 31.1 Å². The van der Waals surface area contributed by atoms with E-state index in [2.05, 4.69) is 20.5 Å². The molecule has 11 heteroatoms. The monoisotopic (exact) mass is 519 g/mol. The Hall–Kier alpha value is -0.210. The number of sulfonamides is 1. The molecule has 0 aliphatic carbocycles. The second-order valence-electron chi connectivity index (χ2n) is 7.08. The molecular formula is C16H34IN5O4S. The summed E-state index contributed by atoms with van der Waals surface area (Å²) >= 11 is 0. The van der Waals surface area contributed by atoms with Crippen LogP contribution in [-0.2, 0) is 14.8 Å². The van der Waals surface area contributed by atoms with E-state index in [1.54, 1.807) is 6.92 Å². The Morgan fingerprint density at radius 2 is 1.96 bits per heavy atom. The van der Waals surface area contributed by atoms with Crippen molar-refractivity contribution in [3.63, 3.8) is 0 Å². The molecule has 0 radical (unpaired) electrons. The van der Waals surface area contributed by atoms with Crippen molar-refractivity contribution in [1.82, 2.24) is 19.8 Å². The van der Waals surface area contributed by atoms with Gasteiger partial charge in [0.25, 0.3) is 0 Å². The van der Waals surface area contributed by atoms with Gasteiger partial charge in [-0.2, -0.15) is 0 Å². The van der Waals surface area contributed by atoms with Crippen molar-refractivity contribution in [3.05, 3.63) is 0 Å². The Balaban J connectivity index is 0.00000364. The van der Waals surface area contributed by atoms with Crippen molar-refractivity contribution in [1.29, 1.82) is 0 Å². The maximum atomic E-state index is 11.8. The van der Waals surface area contributed by atoms with Crippen LogP contribution < -0.4 is 10.6 Å². The van der Waals surface area contributed by atoms with Crippen LogP contribution in [0.15, 0.2) is 4.99 Å². The van der Waals surface area contributed by atoms with E-state index < -0.39 is 15.6 Å². The highest BCUT2D eigenvalue weighted by Crippen LogP contribution is 2.12. The third-order valence-electron chi connectivity index (χ3n) is 4.45. The van der Waals surface area contributed by atoms with Gasteiger partial charge in [0.2, 0.25) is 10.0 Å². The number of aliphatic hydroxyl groups is 1. The minimum Gasteiger partial charge on any atom is -0.387 e. The predicted molar refractivity (Wildman–Crippen MR) is 117 cm³/mol. The molecule has 27 heavy (non-hydrogen) atoms. The van der Waals surface area contributed by atoms with Gasteiger partial charge in [0.1, 0.15) is 0 Å². The third-order valence-corrected chi connectivity index (χ3v) is 6.40. The summed E-state index contributed by atoms with van der Waals surface area (Å²) in [6.45, 7) is 9.79. The Kier molecular flexibility index (Phi) is 10.8. The fraction of sp³-hybridized carbons (Fsp3) is 0.938. The number of hydrogen-bond acceptors (Lipinski definition) is 6. The van der Waals surface area contributed by atoms with Crippen LogP contribution >= 0.6 is 24.0 Å². The molecule has 0 bridgehead atoms. The number of nitrogens with zero attached hydrogens (tertiary/aromatic N) is 3. The highest BCUT2D eigenvalue weighted by Gasteiger charge is 2.28. The summed E-state index contributed by atoms with van der Waals surface area (Å²) in [6.07, 6.45) is 0.695. The number of aliphatic imine (C=N–C) groups is 1. The fourth-order valence-electron chi connectivity index (χ4n) is 3.12. The van der Waals surface area contributed by atoms with Crippen molar-refractivity contribution in [2.24, 2.45) is 4.99 Å². The highest BCUT2D eigenvalue weighted by atomic mass is 127. The number of halogens is 1. The molecule has 0 spiro atoms. The maximum absolute atomic E-state index is 11.8. The van der Waals surface area contributed by atoms with Crippen molar-refractivity contribution < 1.29 is 18.3 Å². The van der Waals surface area contributed by atoms with Gasteiger partial charge in [-0.3, -0.25) is 9.89 Å². The first-order valence-electron chi connectivity index (χ1n) is 9.35. The summed E-state index contributed by atoms with van der Waals surface area (Å²) in [7, 11) is -3.07. The second-order valence-corrected chi connectivity index (χ2v) is 9.16. The van der Waals surface area contributed by atoms with Crippen LogP contribution in [0, 0.1) is 0 Å². The minimum absolute atomic E-state index is 0. The van der Waals surface area contributed by atoms with Crippen LogP contribution in [0.5, 0.6) is 0 Å². The van der Waals surface area contributed by atoms with Crippen molar-refractivity contribution in [2.45, 2.75) is 25.9 Å². The van der Waals surface area contributed by atoms with E-state index in [1.165, 1.54) is 4.31 Å². The number of ether oxygens (including phenoxy) is 1. The highest BCUT2D eigenvalue weighted by molar-refractivity contribution is 14.0. The topological polar surface area (TPSA) is 106 Å². The minimum atomic E-state index is -3.07. The summed E-state index contributed by atoms with van der Waals surface area (Å²) in [5, 5.41) is 16.9. The molecule has 0 amide bonds. The first-order chi connectivity index (χ1) is 12.3. The van der Waals surface area contributed by atoms with Crippen molar-refractivity contribution >= 4 is 40.0 Å². The first-order valence-corrected chi connectivity index (χ1v) is 11.0. The molecule has 0 aromatic carbocycles. The molecule has 9 nitrogen and oxygen atoms in total. The Morgan fingerprint density at radius 1 is 1.26 bits per heavy atom. The van der Waals surface area contributed by atoms with Crippen LogP contribution in [0.1, 0.15) is 20.3 Å². The van der Waals surface area contributed by atoms with Gasteiger partial charge in [-0.05, 0) is 20.3 Å².